The van der Waals surface area contributed by atoms with Crippen LogP contribution in [0.4, 0.5) is 13.2 Å². The first kappa shape index (κ1) is 15.6. The van der Waals surface area contributed by atoms with Gasteiger partial charge in [0.1, 0.15) is 11.5 Å². The smallest absolute Gasteiger partial charge is 0.417 e. The molecule has 0 aliphatic heterocycles. The average molecular weight is 318 g/mol. The third-order valence-electron chi connectivity index (χ3n) is 2.67. The number of ether oxygens (including phenoxy) is 1. The summed E-state index contributed by atoms with van der Waals surface area (Å²) in [5, 5.41) is 8.93. The molecule has 1 atom stereocenters. The van der Waals surface area contributed by atoms with Crippen molar-refractivity contribution in [2.45, 2.75) is 19.2 Å². The van der Waals surface area contributed by atoms with E-state index in [0.717, 1.165) is 12.1 Å². The summed E-state index contributed by atoms with van der Waals surface area (Å²) in [5.41, 5.74) is -0.523. The van der Waals surface area contributed by atoms with E-state index in [0.29, 0.717) is 5.69 Å². The lowest BCUT2D eigenvalue weighted by atomic mass is 10.2. The van der Waals surface area contributed by atoms with Gasteiger partial charge in [0.15, 0.2) is 0 Å². The van der Waals surface area contributed by atoms with Gasteiger partial charge < -0.3 is 9.84 Å². The summed E-state index contributed by atoms with van der Waals surface area (Å²) in [6, 6.07) is 6.32. The van der Waals surface area contributed by atoms with E-state index in [9.17, 15) is 18.3 Å². The van der Waals surface area contributed by atoms with Crippen LogP contribution in [0.3, 0.4) is 0 Å². The molecule has 0 radical (unpaired) electrons. The molecular formula is C14H11ClF3NO2. The van der Waals surface area contributed by atoms with Gasteiger partial charge in [-0.05, 0) is 37.3 Å². The molecule has 1 aromatic heterocycles. The molecular weight excluding hydrogens is 307 g/mol. The molecule has 1 heterocycles. The van der Waals surface area contributed by atoms with Crippen molar-refractivity contribution < 1.29 is 23.0 Å². The molecule has 21 heavy (non-hydrogen) atoms. The van der Waals surface area contributed by atoms with Gasteiger partial charge in [-0.25, -0.2) is 0 Å². The first-order chi connectivity index (χ1) is 9.77. The van der Waals surface area contributed by atoms with Crippen molar-refractivity contribution in [2.24, 2.45) is 0 Å². The lowest BCUT2D eigenvalue weighted by Gasteiger charge is -2.12. The minimum Gasteiger partial charge on any atom is -0.456 e. The highest BCUT2D eigenvalue weighted by atomic mass is 35.5. The van der Waals surface area contributed by atoms with Gasteiger partial charge in [-0.2, -0.15) is 13.2 Å². The second kappa shape index (κ2) is 5.91. The Morgan fingerprint density at radius 1 is 1.19 bits per heavy atom. The van der Waals surface area contributed by atoms with Gasteiger partial charge in [-0.1, -0.05) is 11.6 Å². The van der Waals surface area contributed by atoms with Crippen molar-refractivity contribution in [3.63, 3.8) is 0 Å². The van der Waals surface area contributed by atoms with E-state index >= 15 is 0 Å². The molecule has 0 bridgehead atoms. The average Bonchev–Trinajstić information content (AvgIpc) is 2.40. The Hall–Kier alpha value is -1.79. The normalized spacial score (nSPS) is 13.0. The fraction of sp³-hybridized carbons (Fsp3) is 0.214. The molecule has 0 spiro atoms. The minimum atomic E-state index is -4.55. The topological polar surface area (TPSA) is 42.4 Å². The Balaban J connectivity index is 2.24. The van der Waals surface area contributed by atoms with E-state index in [1.807, 2.05) is 0 Å². The number of aliphatic hydroxyl groups is 1. The highest BCUT2D eigenvalue weighted by Gasteiger charge is 2.33. The zero-order valence-electron chi connectivity index (χ0n) is 10.9. The van der Waals surface area contributed by atoms with Crippen LogP contribution < -0.4 is 4.74 Å². The summed E-state index contributed by atoms with van der Waals surface area (Å²) in [4.78, 5) is 3.94. The van der Waals surface area contributed by atoms with Crippen LogP contribution in [0.1, 0.15) is 24.3 Å². The standard InChI is InChI=1S/C14H11ClF3NO2/c1-8(20)13-5-3-10(7-19-13)21-9-2-4-12(15)11(6-9)14(16,17)18/h2-8,20H,1H3. The lowest BCUT2D eigenvalue weighted by molar-refractivity contribution is -0.137. The second-order valence-electron chi connectivity index (χ2n) is 4.34. The van der Waals surface area contributed by atoms with E-state index in [2.05, 4.69) is 4.98 Å². The molecule has 0 saturated carbocycles. The first-order valence-corrected chi connectivity index (χ1v) is 6.34. The lowest BCUT2D eigenvalue weighted by Crippen LogP contribution is -2.06. The maximum absolute atomic E-state index is 12.7. The molecule has 112 valence electrons. The summed E-state index contributed by atoms with van der Waals surface area (Å²) in [5.74, 6) is 0.258. The third kappa shape index (κ3) is 3.86. The Kier molecular flexibility index (Phi) is 4.39. The number of aromatic nitrogens is 1. The van der Waals surface area contributed by atoms with Crippen molar-refractivity contribution in [3.8, 4) is 11.5 Å². The zero-order chi connectivity index (χ0) is 15.6. The molecule has 1 unspecified atom stereocenters. The summed E-state index contributed by atoms with van der Waals surface area (Å²) in [7, 11) is 0. The van der Waals surface area contributed by atoms with Crippen LogP contribution in [-0.4, -0.2) is 10.1 Å². The maximum atomic E-state index is 12.7. The number of nitrogens with zero attached hydrogens (tertiary/aromatic N) is 1. The summed E-state index contributed by atoms with van der Waals surface area (Å²) in [6.45, 7) is 1.55. The van der Waals surface area contributed by atoms with Crippen LogP contribution in [0.5, 0.6) is 11.5 Å². The van der Waals surface area contributed by atoms with Crippen LogP contribution in [-0.2, 0) is 6.18 Å². The Morgan fingerprint density at radius 3 is 2.38 bits per heavy atom. The van der Waals surface area contributed by atoms with Gasteiger partial charge in [0, 0.05) is 0 Å². The monoisotopic (exact) mass is 317 g/mol. The van der Waals surface area contributed by atoms with Crippen LogP contribution in [0.15, 0.2) is 36.5 Å². The number of pyridine rings is 1. The number of rotatable bonds is 3. The Morgan fingerprint density at radius 2 is 1.86 bits per heavy atom. The zero-order valence-corrected chi connectivity index (χ0v) is 11.6. The predicted octanol–water partition coefficient (Wildman–Crippen LogP) is 4.60. The Labute approximate surface area is 124 Å². The number of aliphatic hydroxyl groups excluding tert-OH is 1. The maximum Gasteiger partial charge on any atom is 0.417 e. The highest BCUT2D eigenvalue weighted by Crippen LogP contribution is 2.37. The van der Waals surface area contributed by atoms with Crippen LogP contribution in [0, 0.1) is 0 Å². The van der Waals surface area contributed by atoms with Crippen LogP contribution in [0.2, 0.25) is 5.02 Å². The van der Waals surface area contributed by atoms with Gasteiger partial charge >= 0.3 is 6.18 Å². The van der Waals surface area contributed by atoms with Gasteiger partial charge in [0.25, 0.3) is 0 Å². The molecule has 3 nitrogen and oxygen atoms in total. The number of hydrogen-bond acceptors (Lipinski definition) is 3. The summed E-state index contributed by atoms with van der Waals surface area (Å²) in [6.07, 6.45) is -3.96. The number of alkyl halides is 3. The fourth-order valence-corrected chi connectivity index (χ4v) is 1.85. The van der Waals surface area contributed by atoms with Crippen LogP contribution >= 0.6 is 11.6 Å². The molecule has 0 saturated heterocycles. The molecule has 2 rings (SSSR count). The largest absolute Gasteiger partial charge is 0.456 e. The minimum absolute atomic E-state index is 0.00155. The fourth-order valence-electron chi connectivity index (χ4n) is 1.62. The molecule has 7 heteroatoms. The van der Waals surface area contributed by atoms with Gasteiger partial charge in [-0.3, -0.25) is 4.98 Å². The molecule has 1 N–H and O–H groups in total. The highest BCUT2D eigenvalue weighted by molar-refractivity contribution is 6.31. The Bertz CT molecular complexity index is 627. The van der Waals surface area contributed by atoms with Gasteiger partial charge in [0.2, 0.25) is 0 Å². The third-order valence-corrected chi connectivity index (χ3v) is 3.00. The molecule has 0 fully saturated rings. The van der Waals surface area contributed by atoms with Crippen molar-refractivity contribution >= 4 is 11.6 Å². The van der Waals surface area contributed by atoms with E-state index in [1.54, 1.807) is 6.92 Å². The molecule has 0 aliphatic rings. The molecule has 1 aromatic carbocycles. The van der Waals surface area contributed by atoms with Crippen LogP contribution in [0.25, 0.3) is 0 Å². The molecule has 0 aliphatic carbocycles. The van der Waals surface area contributed by atoms with E-state index < -0.39 is 22.9 Å². The van der Waals surface area contributed by atoms with Crippen molar-refractivity contribution in [3.05, 3.63) is 52.8 Å². The molecule has 0 amide bonds. The van der Waals surface area contributed by atoms with E-state index in [1.165, 1.54) is 24.4 Å². The summed E-state index contributed by atoms with van der Waals surface area (Å²) >= 11 is 5.52. The van der Waals surface area contributed by atoms with Gasteiger partial charge in [-0.15, -0.1) is 0 Å². The number of halogens is 4. The first-order valence-electron chi connectivity index (χ1n) is 5.96. The van der Waals surface area contributed by atoms with Crippen molar-refractivity contribution in [2.75, 3.05) is 0 Å². The van der Waals surface area contributed by atoms with Crippen molar-refractivity contribution in [1.29, 1.82) is 0 Å². The second-order valence-corrected chi connectivity index (χ2v) is 4.74. The SMILES string of the molecule is CC(O)c1ccc(Oc2ccc(Cl)c(C(F)(F)F)c2)cn1. The van der Waals surface area contributed by atoms with E-state index in [4.69, 9.17) is 16.3 Å². The van der Waals surface area contributed by atoms with Crippen molar-refractivity contribution in [1.82, 2.24) is 4.98 Å². The quantitative estimate of drug-likeness (QED) is 0.899. The molecule has 2 aromatic rings. The van der Waals surface area contributed by atoms with E-state index in [-0.39, 0.29) is 11.5 Å². The summed E-state index contributed by atoms with van der Waals surface area (Å²) < 4.78 is 43.5. The van der Waals surface area contributed by atoms with Gasteiger partial charge in [0.05, 0.1) is 28.6 Å². The number of benzene rings is 1. The number of hydrogen-bond donors (Lipinski definition) is 1. The predicted molar refractivity (Wildman–Crippen MR) is 71.4 cm³/mol.